The number of nitrogens with one attached hydrogen (secondary N) is 2. The summed E-state index contributed by atoms with van der Waals surface area (Å²) < 4.78 is 10.5. The van der Waals surface area contributed by atoms with Crippen LogP contribution in [0.4, 0.5) is 0 Å². The first kappa shape index (κ1) is 15.2. The van der Waals surface area contributed by atoms with E-state index in [1.807, 2.05) is 19.1 Å². The van der Waals surface area contributed by atoms with Gasteiger partial charge in [0.25, 0.3) is 0 Å². The fourth-order valence-corrected chi connectivity index (χ4v) is 1.83. The Balaban J connectivity index is 1.95. The Hall–Kier alpha value is -2.21. The largest absolute Gasteiger partial charge is 0.467 e. The number of rotatable bonds is 6. The van der Waals surface area contributed by atoms with Crippen LogP contribution in [0.15, 0.2) is 50.6 Å². The van der Waals surface area contributed by atoms with E-state index >= 15 is 0 Å². The first-order valence-corrected chi connectivity index (χ1v) is 6.93. The molecule has 0 saturated heterocycles. The number of furan rings is 2. The normalized spacial score (nSPS) is 14.7. The monoisotopic (exact) mass is 291 g/mol. The minimum absolute atomic E-state index is 0.282. The summed E-state index contributed by atoms with van der Waals surface area (Å²) in [7, 11) is 0. The third-order valence-corrected chi connectivity index (χ3v) is 2.97. The number of nitrogens with zero attached hydrogens (tertiary/aromatic N) is 1. The van der Waals surface area contributed by atoms with Gasteiger partial charge < -0.3 is 24.6 Å². The Morgan fingerprint density at radius 1 is 1.24 bits per heavy atom. The summed E-state index contributed by atoms with van der Waals surface area (Å²) in [5.41, 5.74) is -1.11. The van der Waals surface area contributed by atoms with Crippen LogP contribution in [0.1, 0.15) is 25.4 Å². The van der Waals surface area contributed by atoms with Gasteiger partial charge in [-0.05, 0) is 38.1 Å². The van der Waals surface area contributed by atoms with Crippen LogP contribution in [0.5, 0.6) is 0 Å². The molecule has 6 nitrogen and oxygen atoms in total. The number of aliphatic imine (C=N–C) groups is 1. The molecule has 0 aliphatic rings. The van der Waals surface area contributed by atoms with E-state index in [1.54, 1.807) is 31.6 Å². The average molecular weight is 291 g/mol. The van der Waals surface area contributed by atoms with E-state index in [2.05, 4.69) is 15.6 Å². The highest BCUT2D eigenvalue weighted by atomic mass is 16.4. The number of hydrogen-bond acceptors (Lipinski definition) is 4. The average Bonchev–Trinajstić information content (AvgIpc) is 3.14. The summed E-state index contributed by atoms with van der Waals surface area (Å²) >= 11 is 0. The first-order valence-electron chi connectivity index (χ1n) is 6.93. The van der Waals surface area contributed by atoms with Gasteiger partial charge in [0.2, 0.25) is 0 Å². The number of aliphatic hydroxyl groups is 1. The molecule has 0 aliphatic carbocycles. The van der Waals surface area contributed by atoms with E-state index in [0.29, 0.717) is 18.3 Å². The fraction of sp³-hybridized carbons (Fsp3) is 0.400. The lowest BCUT2D eigenvalue weighted by atomic mass is 10.0. The van der Waals surface area contributed by atoms with Crippen LogP contribution in [0.25, 0.3) is 0 Å². The van der Waals surface area contributed by atoms with Crippen molar-refractivity contribution in [2.75, 3.05) is 13.1 Å². The van der Waals surface area contributed by atoms with Crippen LogP contribution in [-0.2, 0) is 12.1 Å². The molecule has 2 rings (SSSR count). The van der Waals surface area contributed by atoms with E-state index in [9.17, 15) is 5.11 Å². The molecular formula is C15H21N3O3. The minimum atomic E-state index is -1.11. The summed E-state index contributed by atoms with van der Waals surface area (Å²) in [6.45, 7) is 5.12. The molecule has 2 aromatic heterocycles. The molecule has 0 amide bonds. The molecule has 21 heavy (non-hydrogen) atoms. The van der Waals surface area contributed by atoms with Crippen LogP contribution in [0, 0.1) is 0 Å². The predicted octanol–water partition coefficient (Wildman–Crippen LogP) is 1.84. The summed E-state index contributed by atoms with van der Waals surface area (Å²) in [6, 6.07) is 7.19. The standard InChI is InChI=1S/C15H21N3O3/c1-3-16-14(17-10-12-6-4-8-20-12)18-11-15(2,19)13-7-5-9-21-13/h4-9,19H,3,10-11H2,1-2H3,(H2,16,17,18). The molecule has 0 bridgehead atoms. The van der Waals surface area contributed by atoms with Gasteiger partial charge in [-0.1, -0.05) is 0 Å². The van der Waals surface area contributed by atoms with Gasteiger partial charge in [0.15, 0.2) is 5.96 Å². The van der Waals surface area contributed by atoms with E-state index in [0.717, 1.165) is 12.3 Å². The van der Waals surface area contributed by atoms with Gasteiger partial charge in [-0.3, -0.25) is 0 Å². The Morgan fingerprint density at radius 2 is 2.00 bits per heavy atom. The van der Waals surface area contributed by atoms with Crippen LogP contribution in [0.2, 0.25) is 0 Å². The zero-order chi connectivity index (χ0) is 15.1. The second-order valence-corrected chi connectivity index (χ2v) is 4.88. The van der Waals surface area contributed by atoms with Crippen molar-refractivity contribution < 1.29 is 13.9 Å². The van der Waals surface area contributed by atoms with Gasteiger partial charge in [0, 0.05) is 6.54 Å². The van der Waals surface area contributed by atoms with E-state index in [4.69, 9.17) is 8.83 Å². The highest BCUT2D eigenvalue weighted by Crippen LogP contribution is 2.19. The summed E-state index contributed by atoms with van der Waals surface area (Å²) in [4.78, 5) is 4.40. The second-order valence-electron chi connectivity index (χ2n) is 4.88. The number of hydrogen-bond donors (Lipinski definition) is 3. The van der Waals surface area contributed by atoms with Crippen LogP contribution in [0.3, 0.4) is 0 Å². The molecule has 114 valence electrons. The zero-order valence-corrected chi connectivity index (χ0v) is 12.3. The van der Waals surface area contributed by atoms with Gasteiger partial charge in [0.05, 0.1) is 19.1 Å². The molecule has 0 aromatic carbocycles. The highest BCUT2D eigenvalue weighted by molar-refractivity contribution is 5.79. The fourth-order valence-electron chi connectivity index (χ4n) is 1.83. The molecule has 0 radical (unpaired) electrons. The molecule has 3 N–H and O–H groups in total. The Labute approximate surface area is 123 Å². The number of guanidine groups is 1. The van der Waals surface area contributed by atoms with Crippen molar-refractivity contribution in [3.8, 4) is 0 Å². The zero-order valence-electron chi connectivity index (χ0n) is 12.3. The van der Waals surface area contributed by atoms with Crippen LogP contribution < -0.4 is 10.6 Å². The maximum atomic E-state index is 10.4. The molecule has 2 aromatic rings. The quantitative estimate of drug-likeness (QED) is 0.559. The molecule has 2 heterocycles. The van der Waals surface area contributed by atoms with Gasteiger partial charge >= 0.3 is 0 Å². The smallest absolute Gasteiger partial charge is 0.191 e. The van der Waals surface area contributed by atoms with Crippen molar-refractivity contribution in [3.05, 3.63) is 48.3 Å². The highest BCUT2D eigenvalue weighted by Gasteiger charge is 2.26. The molecule has 0 aliphatic heterocycles. The van der Waals surface area contributed by atoms with Gasteiger partial charge in [0.1, 0.15) is 23.7 Å². The van der Waals surface area contributed by atoms with Crippen molar-refractivity contribution in [2.24, 2.45) is 4.99 Å². The van der Waals surface area contributed by atoms with Crippen LogP contribution >= 0.6 is 0 Å². The molecule has 6 heteroatoms. The van der Waals surface area contributed by atoms with E-state index < -0.39 is 5.60 Å². The topological polar surface area (TPSA) is 82.9 Å². The molecule has 0 saturated carbocycles. The lowest BCUT2D eigenvalue weighted by molar-refractivity contribution is 0.0386. The van der Waals surface area contributed by atoms with Gasteiger partial charge in [-0.15, -0.1) is 0 Å². The molecule has 1 unspecified atom stereocenters. The molecular weight excluding hydrogens is 270 g/mol. The third kappa shape index (κ3) is 4.39. The summed E-state index contributed by atoms with van der Waals surface area (Å²) in [5.74, 6) is 1.91. The van der Waals surface area contributed by atoms with Crippen molar-refractivity contribution in [2.45, 2.75) is 26.0 Å². The third-order valence-electron chi connectivity index (χ3n) is 2.97. The van der Waals surface area contributed by atoms with Crippen molar-refractivity contribution in [1.29, 1.82) is 0 Å². The Bertz CT molecular complexity index is 545. The summed E-state index contributed by atoms with van der Waals surface area (Å²) in [5, 5.41) is 16.6. The minimum Gasteiger partial charge on any atom is -0.467 e. The van der Waals surface area contributed by atoms with Crippen LogP contribution in [-0.4, -0.2) is 24.2 Å². The van der Waals surface area contributed by atoms with E-state index in [1.165, 1.54) is 0 Å². The first-order chi connectivity index (χ1) is 10.1. The van der Waals surface area contributed by atoms with Crippen molar-refractivity contribution in [3.63, 3.8) is 0 Å². The molecule has 1 atom stereocenters. The van der Waals surface area contributed by atoms with Gasteiger partial charge in [-0.2, -0.15) is 0 Å². The molecule has 0 spiro atoms. The summed E-state index contributed by atoms with van der Waals surface area (Å²) in [6.07, 6.45) is 3.16. The lowest BCUT2D eigenvalue weighted by Gasteiger charge is -2.22. The Kier molecular flexibility index (Phi) is 5.05. The molecule has 0 fully saturated rings. The van der Waals surface area contributed by atoms with Gasteiger partial charge in [-0.25, -0.2) is 4.99 Å². The Morgan fingerprint density at radius 3 is 2.62 bits per heavy atom. The maximum absolute atomic E-state index is 10.4. The second kappa shape index (κ2) is 6.99. The van der Waals surface area contributed by atoms with Crippen molar-refractivity contribution in [1.82, 2.24) is 10.6 Å². The predicted molar refractivity (Wildman–Crippen MR) is 79.8 cm³/mol. The maximum Gasteiger partial charge on any atom is 0.191 e. The van der Waals surface area contributed by atoms with Crippen molar-refractivity contribution >= 4 is 5.96 Å². The van der Waals surface area contributed by atoms with E-state index in [-0.39, 0.29) is 6.54 Å². The lowest BCUT2D eigenvalue weighted by Crippen LogP contribution is -2.44. The SMILES string of the molecule is CCNC(=NCc1ccco1)NCC(C)(O)c1ccco1.